The Labute approximate surface area is 141 Å². The third-order valence-corrected chi connectivity index (χ3v) is 5.90. The van der Waals surface area contributed by atoms with Gasteiger partial charge < -0.3 is 9.47 Å². The average Bonchev–Trinajstić information content (AvgIpc) is 2.57. The SMILES string of the molecule is CCCCC(CC)CSC(CC)c1ccc(OC)c(OC)c1. The first-order valence-corrected chi connectivity index (χ1v) is 9.58. The standard InChI is InChI=1S/C19H32O2S/c1-6-9-10-15(7-2)14-22-19(8-3)16-11-12-17(20-4)18(13-16)21-5/h11-13,15,19H,6-10,14H2,1-5H3. The summed E-state index contributed by atoms with van der Waals surface area (Å²) in [6.45, 7) is 6.86. The Hall–Kier alpha value is -0.830. The lowest BCUT2D eigenvalue weighted by Gasteiger charge is -2.20. The van der Waals surface area contributed by atoms with Crippen LogP contribution < -0.4 is 9.47 Å². The Morgan fingerprint density at radius 3 is 2.27 bits per heavy atom. The Morgan fingerprint density at radius 1 is 1.00 bits per heavy atom. The highest BCUT2D eigenvalue weighted by atomic mass is 32.2. The van der Waals surface area contributed by atoms with Crippen molar-refractivity contribution in [1.29, 1.82) is 0 Å². The fourth-order valence-electron chi connectivity index (χ4n) is 2.65. The summed E-state index contributed by atoms with van der Waals surface area (Å²) in [6.07, 6.45) is 6.45. The van der Waals surface area contributed by atoms with E-state index in [4.69, 9.17) is 9.47 Å². The number of thioether (sulfide) groups is 1. The molecule has 0 fully saturated rings. The van der Waals surface area contributed by atoms with Gasteiger partial charge in [-0.15, -0.1) is 0 Å². The number of ether oxygens (including phenoxy) is 2. The molecule has 1 aromatic carbocycles. The summed E-state index contributed by atoms with van der Waals surface area (Å²) in [5, 5.41) is 0.537. The van der Waals surface area contributed by atoms with Crippen LogP contribution in [0.2, 0.25) is 0 Å². The third kappa shape index (κ3) is 5.75. The summed E-state index contributed by atoms with van der Waals surface area (Å²) in [5.41, 5.74) is 1.34. The second-order valence-electron chi connectivity index (χ2n) is 5.76. The van der Waals surface area contributed by atoms with Crippen molar-refractivity contribution in [2.75, 3.05) is 20.0 Å². The van der Waals surface area contributed by atoms with Gasteiger partial charge in [0.2, 0.25) is 0 Å². The molecule has 2 nitrogen and oxygen atoms in total. The number of rotatable bonds is 11. The molecule has 1 rings (SSSR count). The second kappa shape index (κ2) is 10.8. The summed E-state index contributed by atoms with van der Waals surface area (Å²) >= 11 is 2.09. The monoisotopic (exact) mass is 324 g/mol. The number of methoxy groups -OCH3 is 2. The van der Waals surface area contributed by atoms with E-state index in [9.17, 15) is 0 Å². The summed E-state index contributed by atoms with van der Waals surface area (Å²) in [5.74, 6) is 3.74. The zero-order valence-electron chi connectivity index (χ0n) is 14.9. The zero-order valence-corrected chi connectivity index (χ0v) is 15.7. The molecule has 2 unspecified atom stereocenters. The maximum atomic E-state index is 5.44. The van der Waals surface area contributed by atoms with Crippen LogP contribution in [0, 0.1) is 5.92 Å². The van der Waals surface area contributed by atoms with E-state index in [0.29, 0.717) is 5.25 Å². The predicted molar refractivity (Wildman–Crippen MR) is 98.3 cm³/mol. The fraction of sp³-hybridized carbons (Fsp3) is 0.684. The van der Waals surface area contributed by atoms with Crippen LogP contribution >= 0.6 is 11.8 Å². The van der Waals surface area contributed by atoms with Gasteiger partial charge >= 0.3 is 0 Å². The number of hydrogen-bond acceptors (Lipinski definition) is 3. The van der Waals surface area contributed by atoms with Crippen LogP contribution in [0.5, 0.6) is 11.5 Å². The van der Waals surface area contributed by atoms with Gasteiger partial charge in [0, 0.05) is 5.25 Å². The highest BCUT2D eigenvalue weighted by molar-refractivity contribution is 7.99. The van der Waals surface area contributed by atoms with Crippen molar-refractivity contribution in [3.8, 4) is 11.5 Å². The average molecular weight is 325 g/mol. The molecule has 1 aromatic rings. The highest BCUT2D eigenvalue weighted by Gasteiger charge is 2.15. The van der Waals surface area contributed by atoms with Crippen molar-refractivity contribution < 1.29 is 9.47 Å². The van der Waals surface area contributed by atoms with Gasteiger partial charge in [0.25, 0.3) is 0 Å². The molecule has 0 aliphatic heterocycles. The minimum Gasteiger partial charge on any atom is -0.493 e. The Kier molecular flexibility index (Phi) is 9.45. The van der Waals surface area contributed by atoms with Crippen LogP contribution in [0.25, 0.3) is 0 Å². The first-order chi connectivity index (χ1) is 10.7. The fourth-order valence-corrected chi connectivity index (χ4v) is 4.13. The second-order valence-corrected chi connectivity index (χ2v) is 7.00. The van der Waals surface area contributed by atoms with Gasteiger partial charge in [-0.1, -0.05) is 46.1 Å². The van der Waals surface area contributed by atoms with Gasteiger partial charge in [0.1, 0.15) is 0 Å². The number of hydrogen-bond donors (Lipinski definition) is 0. The molecule has 2 atom stereocenters. The minimum absolute atomic E-state index is 0.537. The van der Waals surface area contributed by atoms with E-state index >= 15 is 0 Å². The molecule has 0 bridgehead atoms. The third-order valence-electron chi connectivity index (χ3n) is 4.23. The summed E-state index contributed by atoms with van der Waals surface area (Å²) in [7, 11) is 3.39. The molecule has 0 N–H and O–H groups in total. The van der Waals surface area contributed by atoms with Gasteiger partial charge in [0.15, 0.2) is 11.5 Å². The van der Waals surface area contributed by atoms with Crippen LogP contribution in [0.3, 0.4) is 0 Å². The van der Waals surface area contributed by atoms with E-state index in [-0.39, 0.29) is 0 Å². The van der Waals surface area contributed by atoms with Gasteiger partial charge in [-0.2, -0.15) is 11.8 Å². The summed E-state index contributed by atoms with van der Waals surface area (Å²) in [6, 6.07) is 6.33. The normalized spacial score (nSPS) is 13.7. The predicted octanol–water partition coefficient (Wildman–Crippen LogP) is 6.10. The highest BCUT2D eigenvalue weighted by Crippen LogP contribution is 2.38. The van der Waals surface area contributed by atoms with E-state index in [1.54, 1.807) is 14.2 Å². The van der Waals surface area contributed by atoms with Crippen LogP contribution in [-0.2, 0) is 0 Å². The molecule has 22 heavy (non-hydrogen) atoms. The van der Waals surface area contributed by atoms with Crippen LogP contribution in [0.1, 0.15) is 63.7 Å². The van der Waals surface area contributed by atoms with E-state index < -0.39 is 0 Å². The molecule has 0 heterocycles. The van der Waals surface area contributed by atoms with Crippen molar-refractivity contribution in [1.82, 2.24) is 0 Å². The molecule has 0 saturated heterocycles. The summed E-state index contributed by atoms with van der Waals surface area (Å²) < 4.78 is 10.8. The molecule has 0 aliphatic rings. The van der Waals surface area contributed by atoms with Crippen molar-refractivity contribution in [3.05, 3.63) is 23.8 Å². The van der Waals surface area contributed by atoms with Crippen LogP contribution in [0.15, 0.2) is 18.2 Å². The van der Waals surface area contributed by atoms with Crippen molar-refractivity contribution in [3.63, 3.8) is 0 Å². The molecule has 3 heteroatoms. The number of unbranched alkanes of at least 4 members (excludes halogenated alkanes) is 1. The van der Waals surface area contributed by atoms with Gasteiger partial charge in [-0.25, -0.2) is 0 Å². The first kappa shape index (κ1) is 19.2. The molecule has 0 aromatic heterocycles. The maximum absolute atomic E-state index is 5.44. The molecular weight excluding hydrogens is 292 g/mol. The van der Waals surface area contributed by atoms with Gasteiger partial charge in [0.05, 0.1) is 14.2 Å². The summed E-state index contributed by atoms with van der Waals surface area (Å²) in [4.78, 5) is 0. The molecule has 0 aliphatic carbocycles. The van der Waals surface area contributed by atoms with E-state index in [2.05, 4.69) is 44.7 Å². The van der Waals surface area contributed by atoms with E-state index in [1.807, 2.05) is 6.07 Å². The van der Waals surface area contributed by atoms with Crippen LogP contribution in [0.4, 0.5) is 0 Å². The molecule has 0 spiro atoms. The number of benzene rings is 1. The maximum Gasteiger partial charge on any atom is 0.161 e. The largest absolute Gasteiger partial charge is 0.493 e. The zero-order chi connectivity index (χ0) is 16.4. The van der Waals surface area contributed by atoms with Crippen molar-refractivity contribution in [2.45, 2.75) is 58.1 Å². The van der Waals surface area contributed by atoms with Gasteiger partial charge in [-0.3, -0.25) is 0 Å². The van der Waals surface area contributed by atoms with E-state index in [0.717, 1.165) is 23.8 Å². The van der Waals surface area contributed by atoms with Crippen molar-refractivity contribution in [2.24, 2.45) is 5.92 Å². The smallest absolute Gasteiger partial charge is 0.161 e. The van der Waals surface area contributed by atoms with Gasteiger partial charge in [-0.05, 0) is 42.2 Å². The Morgan fingerprint density at radius 2 is 1.73 bits per heavy atom. The Balaban J connectivity index is 2.70. The molecule has 0 amide bonds. The quantitative estimate of drug-likeness (QED) is 0.489. The lowest BCUT2D eigenvalue weighted by atomic mass is 10.0. The van der Waals surface area contributed by atoms with Crippen LogP contribution in [-0.4, -0.2) is 20.0 Å². The van der Waals surface area contributed by atoms with E-state index in [1.165, 1.54) is 37.0 Å². The molecule has 126 valence electrons. The first-order valence-electron chi connectivity index (χ1n) is 8.53. The Bertz CT molecular complexity index is 420. The molecule has 0 saturated carbocycles. The topological polar surface area (TPSA) is 18.5 Å². The lowest BCUT2D eigenvalue weighted by Crippen LogP contribution is -2.05. The molecule has 0 radical (unpaired) electrons. The minimum atomic E-state index is 0.537. The molecular formula is C19H32O2S. The lowest BCUT2D eigenvalue weighted by molar-refractivity contribution is 0.354. The van der Waals surface area contributed by atoms with Crippen molar-refractivity contribution >= 4 is 11.8 Å².